The highest BCUT2D eigenvalue weighted by Gasteiger charge is 2.23. The van der Waals surface area contributed by atoms with Crippen LogP contribution >= 0.6 is 23.2 Å². The Morgan fingerprint density at radius 1 is 1.22 bits per heavy atom. The van der Waals surface area contributed by atoms with Crippen molar-refractivity contribution in [1.29, 1.82) is 0 Å². The van der Waals surface area contributed by atoms with Crippen LogP contribution in [0.25, 0.3) is 22.5 Å². The second-order valence-electron chi connectivity index (χ2n) is 9.21. The molecule has 0 saturated heterocycles. The van der Waals surface area contributed by atoms with E-state index >= 15 is 0 Å². The standard InChI is InChI=1S/C25H28Cl2FN5O4/c1-7-33(31-24(35)36-25(4,5)6)23(34)29-13(2)17-9-8-15(10-19(17)27)18-11-16(26)12-20(28)21(18)22-30-14(3)37-32-22/h8-13H,7H2,1-6H3,(H,29,34)(H,31,35). The molecule has 198 valence electrons. The minimum Gasteiger partial charge on any atom is -0.443 e. The van der Waals surface area contributed by atoms with Gasteiger partial charge in [-0.3, -0.25) is 0 Å². The van der Waals surface area contributed by atoms with Gasteiger partial charge in [0.05, 0.1) is 11.6 Å². The third kappa shape index (κ3) is 7.11. The number of hydrogen-bond acceptors (Lipinski definition) is 6. The van der Waals surface area contributed by atoms with E-state index in [4.69, 9.17) is 32.5 Å². The quantitative estimate of drug-likeness (QED) is 0.342. The summed E-state index contributed by atoms with van der Waals surface area (Å²) in [4.78, 5) is 29.0. The summed E-state index contributed by atoms with van der Waals surface area (Å²) in [5, 5.41) is 8.24. The lowest BCUT2D eigenvalue weighted by Gasteiger charge is -2.27. The zero-order valence-corrected chi connectivity index (χ0v) is 22.8. The smallest absolute Gasteiger partial charge is 0.426 e. The summed E-state index contributed by atoms with van der Waals surface area (Å²) in [5.41, 5.74) is 3.42. The molecule has 0 bridgehead atoms. The van der Waals surface area contributed by atoms with Crippen molar-refractivity contribution < 1.29 is 23.2 Å². The van der Waals surface area contributed by atoms with E-state index in [1.54, 1.807) is 65.8 Å². The Morgan fingerprint density at radius 2 is 1.92 bits per heavy atom. The summed E-state index contributed by atoms with van der Waals surface area (Å²) in [5.74, 6) is -0.239. The van der Waals surface area contributed by atoms with Gasteiger partial charge >= 0.3 is 12.1 Å². The molecule has 0 spiro atoms. The molecular formula is C25H28Cl2FN5O4. The average Bonchev–Trinajstić information content (AvgIpc) is 3.20. The van der Waals surface area contributed by atoms with Gasteiger partial charge in [0.15, 0.2) is 0 Å². The van der Waals surface area contributed by atoms with E-state index in [-0.39, 0.29) is 28.8 Å². The molecule has 2 aromatic carbocycles. The van der Waals surface area contributed by atoms with Gasteiger partial charge in [-0.05, 0) is 69.5 Å². The minimum absolute atomic E-state index is 0.0830. The maximum absolute atomic E-state index is 14.9. The number of carbonyl (C=O) groups is 2. The Labute approximate surface area is 224 Å². The maximum Gasteiger partial charge on any atom is 0.426 e. The second-order valence-corrected chi connectivity index (χ2v) is 10.1. The molecule has 0 fully saturated rings. The van der Waals surface area contributed by atoms with Crippen LogP contribution in [0.2, 0.25) is 10.0 Å². The fourth-order valence-corrected chi connectivity index (χ4v) is 4.05. The van der Waals surface area contributed by atoms with Gasteiger partial charge in [0.1, 0.15) is 11.4 Å². The lowest BCUT2D eigenvalue weighted by molar-refractivity contribution is 0.0382. The molecule has 1 atom stereocenters. The predicted molar refractivity (Wildman–Crippen MR) is 139 cm³/mol. The fraction of sp³-hybridized carbons (Fsp3) is 0.360. The number of nitrogens with one attached hydrogen (secondary N) is 2. The van der Waals surface area contributed by atoms with Gasteiger partial charge in [0.2, 0.25) is 11.7 Å². The molecule has 1 aromatic heterocycles. The largest absolute Gasteiger partial charge is 0.443 e. The number of nitrogens with zero attached hydrogens (tertiary/aromatic N) is 3. The minimum atomic E-state index is -0.749. The number of carbonyl (C=O) groups excluding carboxylic acids is 2. The molecule has 0 aliphatic rings. The predicted octanol–water partition coefficient (Wildman–Crippen LogP) is 6.69. The molecule has 3 aromatic rings. The average molecular weight is 552 g/mol. The summed E-state index contributed by atoms with van der Waals surface area (Å²) in [7, 11) is 0. The number of hydrogen-bond donors (Lipinski definition) is 2. The van der Waals surface area contributed by atoms with Crippen LogP contribution in [0.15, 0.2) is 34.9 Å². The van der Waals surface area contributed by atoms with Crippen molar-refractivity contribution in [1.82, 2.24) is 25.9 Å². The van der Waals surface area contributed by atoms with Crippen LogP contribution in [-0.2, 0) is 4.74 Å². The number of aryl methyl sites for hydroxylation is 1. The second kappa shape index (κ2) is 11.4. The first-order valence-electron chi connectivity index (χ1n) is 11.5. The van der Waals surface area contributed by atoms with Crippen LogP contribution in [-0.4, -0.2) is 39.4 Å². The number of aromatic nitrogens is 2. The molecule has 1 heterocycles. The van der Waals surface area contributed by atoms with Crippen LogP contribution in [0.4, 0.5) is 14.0 Å². The van der Waals surface area contributed by atoms with Crippen LogP contribution in [0.5, 0.6) is 0 Å². The Bertz CT molecular complexity index is 1310. The van der Waals surface area contributed by atoms with Crippen molar-refractivity contribution in [3.8, 4) is 22.5 Å². The molecule has 0 saturated carbocycles. The number of amides is 3. The molecule has 1 unspecified atom stereocenters. The summed E-state index contributed by atoms with van der Waals surface area (Å²) in [6.07, 6.45) is -0.749. The SMILES string of the molecule is CCN(NC(=O)OC(C)(C)C)C(=O)NC(C)c1ccc(-c2cc(Cl)cc(F)c2-c2noc(C)n2)cc1Cl. The zero-order chi connectivity index (χ0) is 27.5. The van der Waals surface area contributed by atoms with Crippen LogP contribution in [0.1, 0.15) is 52.1 Å². The van der Waals surface area contributed by atoms with Gasteiger partial charge < -0.3 is 14.6 Å². The molecule has 3 rings (SSSR count). The normalized spacial score (nSPS) is 12.1. The van der Waals surface area contributed by atoms with E-state index in [1.807, 2.05) is 0 Å². The first-order chi connectivity index (χ1) is 17.3. The van der Waals surface area contributed by atoms with Crippen molar-refractivity contribution in [2.24, 2.45) is 0 Å². The van der Waals surface area contributed by atoms with Gasteiger partial charge in [-0.2, -0.15) is 4.98 Å². The van der Waals surface area contributed by atoms with Crippen molar-refractivity contribution in [3.05, 3.63) is 57.6 Å². The van der Waals surface area contributed by atoms with Gasteiger partial charge in [-0.25, -0.2) is 24.4 Å². The summed E-state index contributed by atoms with van der Waals surface area (Å²) in [6.45, 7) is 10.4. The molecule has 12 heteroatoms. The van der Waals surface area contributed by atoms with Crippen molar-refractivity contribution in [2.45, 2.75) is 53.2 Å². The Balaban J connectivity index is 1.83. The highest BCUT2D eigenvalue weighted by atomic mass is 35.5. The summed E-state index contributed by atoms with van der Waals surface area (Å²) >= 11 is 12.7. The lowest BCUT2D eigenvalue weighted by Crippen LogP contribution is -2.52. The molecule has 2 N–H and O–H groups in total. The topological polar surface area (TPSA) is 110 Å². The van der Waals surface area contributed by atoms with Crippen molar-refractivity contribution >= 4 is 35.3 Å². The molecular weight excluding hydrogens is 524 g/mol. The Kier molecular flexibility index (Phi) is 8.65. The first kappa shape index (κ1) is 28.2. The Morgan fingerprint density at radius 3 is 2.49 bits per heavy atom. The highest BCUT2D eigenvalue weighted by Crippen LogP contribution is 2.37. The van der Waals surface area contributed by atoms with E-state index in [9.17, 15) is 14.0 Å². The number of ether oxygens (including phenoxy) is 1. The molecule has 0 aliphatic carbocycles. The van der Waals surface area contributed by atoms with E-state index in [0.717, 1.165) is 5.01 Å². The number of benzene rings is 2. The van der Waals surface area contributed by atoms with E-state index in [1.165, 1.54) is 6.07 Å². The molecule has 0 radical (unpaired) electrons. The van der Waals surface area contributed by atoms with Crippen LogP contribution in [0, 0.1) is 12.7 Å². The lowest BCUT2D eigenvalue weighted by atomic mass is 9.96. The molecule has 0 aliphatic heterocycles. The summed E-state index contributed by atoms with van der Waals surface area (Å²) < 4.78 is 25.1. The van der Waals surface area contributed by atoms with Crippen molar-refractivity contribution in [3.63, 3.8) is 0 Å². The van der Waals surface area contributed by atoms with Gasteiger partial charge in [-0.1, -0.05) is 40.5 Å². The van der Waals surface area contributed by atoms with Crippen LogP contribution < -0.4 is 10.7 Å². The molecule has 9 nitrogen and oxygen atoms in total. The number of rotatable bonds is 5. The number of hydrazine groups is 1. The zero-order valence-electron chi connectivity index (χ0n) is 21.3. The van der Waals surface area contributed by atoms with E-state index in [2.05, 4.69) is 20.9 Å². The molecule has 3 amide bonds. The molecule has 37 heavy (non-hydrogen) atoms. The number of urea groups is 1. The van der Waals surface area contributed by atoms with Gasteiger partial charge in [0, 0.05) is 23.5 Å². The van der Waals surface area contributed by atoms with E-state index < -0.39 is 29.6 Å². The Hall–Kier alpha value is -3.37. The third-order valence-electron chi connectivity index (χ3n) is 5.11. The number of halogens is 3. The monoisotopic (exact) mass is 551 g/mol. The third-order valence-corrected chi connectivity index (χ3v) is 5.66. The van der Waals surface area contributed by atoms with Gasteiger partial charge in [-0.15, -0.1) is 0 Å². The van der Waals surface area contributed by atoms with Crippen LogP contribution in [0.3, 0.4) is 0 Å². The summed E-state index contributed by atoms with van der Waals surface area (Å²) in [6, 6.07) is 6.75. The first-order valence-corrected chi connectivity index (χ1v) is 12.2. The highest BCUT2D eigenvalue weighted by molar-refractivity contribution is 6.32. The van der Waals surface area contributed by atoms with Gasteiger partial charge in [0.25, 0.3) is 0 Å². The maximum atomic E-state index is 14.9. The fourth-order valence-electron chi connectivity index (χ4n) is 3.50. The van der Waals surface area contributed by atoms with Crippen molar-refractivity contribution in [2.75, 3.05) is 6.54 Å². The van der Waals surface area contributed by atoms with E-state index in [0.29, 0.717) is 21.7 Å².